The highest BCUT2D eigenvalue weighted by molar-refractivity contribution is 6.02. The summed E-state index contributed by atoms with van der Waals surface area (Å²) >= 11 is 0. The fourth-order valence-electron chi connectivity index (χ4n) is 2.87. The number of aromatic amines is 1. The first-order valence-electron chi connectivity index (χ1n) is 8.55. The van der Waals surface area contributed by atoms with E-state index in [4.69, 9.17) is 0 Å². The number of hydrogen-bond donors (Lipinski definition) is 2. The van der Waals surface area contributed by atoms with E-state index in [0.717, 1.165) is 22.2 Å². The monoisotopic (exact) mass is 346 g/mol. The molecule has 0 aliphatic carbocycles. The van der Waals surface area contributed by atoms with Gasteiger partial charge in [-0.25, -0.2) is 0 Å². The summed E-state index contributed by atoms with van der Waals surface area (Å²) in [7, 11) is 0. The molecular weight excluding hydrogens is 324 g/mol. The molecule has 4 nitrogen and oxygen atoms in total. The van der Waals surface area contributed by atoms with Crippen molar-refractivity contribution in [1.29, 1.82) is 0 Å². The lowest BCUT2D eigenvalue weighted by Crippen LogP contribution is -2.17. The summed E-state index contributed by atoms with van der Waals surface area (Å²) < 4.78 is 0. The maximum atomic E-state index is 12.3. The Morgan fingerprint density at radius 1 is 1.04 bits per heavy atom. The van der Waals surface area contributed by atoms with Crippen LogP contribution in [0.3, 0.4) is 0 Å². The van der Waals surface area contributed by atoms with Crippen LogP contribution in [0.25, 0.3) is 17.0 Å². The van der Waals surface area contributed by atoms with E-state index in [1.165, 1.54) is 6.08 Å². The molecule has 0 spiro atoms. The molecule has 0 saturated carbocycles. The lowest BCUT2D eigenvalue weighted by Gasteiger charge is -2.22. The van der Waals surface area contributed by atoms with E-state index in [9.17, 15) is 9.59 Å². The maximum absolute atomic E-state index is 12.3. The van der Waals surface area contributed by atoms with Crippen LogP contribution in [-0.4, -0.2) is 10.9 Å². The van der Waals surface area contributed by atoms with Gasteiger partial charge in [0.1, 0.15) is 0 Å². The Morgan fingerprint density at radius 3 is 2.50 bits per heavy atom. The molecular formula is C22H22N2O2. The molecule has 0 aliphatic rings. The number of hydrogen-bond acceptors (Lipinski definition) is 2. The fourth-order valence-corrected chi connectivity index (χ4v) is 2.87. The number of pyridine rings is 1. The standard InChI is InChI=1S/C22H22N2O2/c1-22(2,3)17-9-5-7-11-19(17)23-20(25)13-12-16-14-15-8-4-6-10-18(15)24-21(16)26/h4-14H,1-3H3,(H,23,25)(H,24,26)/b13-12+. The van der Waals surface area contributed by atoms with Crippen molar-refractivity contribution >= 4 is 28.6 Å². The first-order chi connectivity index (χ1) is 12.3. The number of nitrogens with one attached hydrogen (secondary N) is 2. The Balaban J connectivity index is 1.83. The van der Waals surface area contributed by atoms with Crippen molar-refractivity contribution in [3.63, 3.8) is 0 Å². The number of fused-ring (bicyclic) bond motifs is 1. The summed E-state index contributed by atoms with van der Waals surface area (Å²) in [6, 6.07) is 17.1. The van der Waals surface area contributed by atoms with Crippen molar-refractivity contribution < 1.29 is 4.79 Å². The zero-order chi connectivity index (χ0) is 18.7. The third-order valence-electron chi connectivity index (χ3n) is 4.19. The number of carbonyl (C=O) groups is 1. The van der Waals surface area contributed by atoms with Gasteiger partial charge in [-0.05, 0) is 40.6 Å². The van der Waals surface area contributed by atoms with Gasteiger partial charge in [0.25, 0.3) is 5.56 Å². The van der Waals surface area contributed by atoms with Gasteiger partial charge in [-0.1, -0.05) is 57.2 Å². The van der Waals surface area contributed by atoms with Crippen LogP contribution in [-0.2, 0) is 10.2 Å². The van der Waals surface area contributed by atoms with Gasteiger partial charge in [0, 0.05) is 22.8 Å². The summed E-state index contributed by atoms with van der Waals surface area (Å²) in [4.78, 5) is 27.3. The molecule has 0 radical (unpaired) electrons. The van der Waals surface area contributed by atoms with Crippen LogP contribution in [0.15, 0.2) is 65.5 Å². The van der Waals surface area contributed by atoms with E-state index in [2.05, 4.69) is 31.1 Å². The summed E-state index contributed by atoms with van der Waals surface area (Å²) in [6.07, 6.45) is 2.93. The quantitative estimate of drug-likeness (QED) is 0.687. The first-order valence-corrected chi connectivity index (χ1v) is 8.55. The molecule has 0 unspecified atom stereocenters. The number of aromatic nitrogens is 1. The molecule has 3 aromatic rings. The Bertz CT molecular complexity index is 1040. The zero-order valence-corrected chi connectivity index (χ0v) is 15.2. The highest BCUT2D eigenvalue weighted by atomic mass is 16.1. The van der Waals surface area contributed by atoms with Crippen molar-refractivity contribution in [3.05, 3.63) is 82.2 Å². The van der Waals surface area contributed by atoms with Crippen molar-refractivity contribution in [2.24, 2.45) is 0 Å². The molecule has 0 atom stereocenters. The number of H-pyrrole nitrogens is 1. The number of amides is 1. The molecule has 1 aromatic heterocycles. The van der Waals surface area contributed by atoms with Crippen LogP contribution < -0.4 is 10.9 Å². The molecule has 1 amide bonds. The highest BCUT2D eigenvalue weighted by Gasteiger charge is 2.17. The van der Waals surface area contributed by atoms with Crippen molar-refractivity contribution in [1.82, 2.24) is 4.98 Å². The largest absolute Gasteiger partial charge is 0.322 e. The smallest absolute Gasteiger partial charge is 0.255 e. The zero-order valence-electron chi connectivity index (χ0n) is 15.2. The molecule has 0 saturated heterocycles. The fraction of sp³-hybridized carbons (Fsp3) is 0.182. The SMILES string of the molecule is CC(C)(C)c1ccccc1NC(=O)/C=C/c1cc2ccccc2[nH]c1=O. The van der Waals surface area contributed by atoms with E-state index in [-0.39, 0.29) is 16.9 Å². The van der Waals surface area contributed by atoms with Gasteiger partial charge < -0.3 is 10.3 Å². The molecule has 132 valence electrons. The summed E-state index contributed by atoms with van der Waals surface area (Å²) in [5.41, 5.74) is 2.76. The topological polar surface area (TPSA) is 62.0 Å². The van der Waals surface area contributed by atoms with Gasteiger partial charge in [0.2, 0.25) is 5.91 Å². The average Bonchev–Trinajstić information content (AvgIpc) is 2.59. The van der Waals surface area contributed by atoms with Gasteiger partial charge in [-0.15, -0.1) is 0 Å². The summed E-state index contributed by atoms with van der Waals surface area (Å²) in [5, 5.41) is 3.83. The summed E-state index contributed by atoms with van der Waals surface area (Å²) in [5.74, 6) is -0.269. The van der Waals surface area contributed by atoms with Crippen LogP contribution in [0.4, 0.5) is 5.69 Å². The lowest BCUT2D eigenvalue weighted by atomic mass is 9.86. The number of carbonyl (C=O) groups excluding carboxylic acids is 1. The second-order valence-corrected chi connectivity index (χ2v) is 7.26. The van der Waals surface area contributed by atoms with Crippen molar-refractivity contribution in [2.45, 2.75) is 26.2 Å². The average molecular weight is 346 g/mol. The van der Waals surface area contributed by atoms with Crippen LogP contribution in [0.2, 0.25) is 0 Å². The Morgan fingerprint density at radius 2 is 1.73 bits per heavy atom. The van der Waals surface area contributed by atoms with Gasteiger partial charge in [0.05, 0.1) is 0 Å². The molecule has 2 N–H and O–H groups in total. The van der Waals surface area contributed by atoms with Gasteiger partial charge >= 0.3 is 0 Å². The van der Waals surface area contributed by atoms with Crippen molar-refractivity contribution in [2.75, 3.05) is 5.32 Å². The number of anilines is 1. The van der Waals surface area contributed by atoms with E-state index in [0.29, 0.717) is 5.56 Å². The minimum Gasteiger partial charge on any atom is -0.322 e. The van der Waals surface area contributed by atoms with Gasteiger partial charge in [0.15, 0.2) is 0 Å². The molecule has 0 bridgehead atoms. The lowest BCUT2D eigenvalue weighted by molar-refractivity contribution is -0.111. The minimum atomic E-state index is -0.269. The normalized spacial score (nSPS) is 11.8. The van der Waals surface area contributed by atoms with Gasteiger partial charge in [-0.3, -0.25) is 9.59 Å². The van der Waals surface area contributed by atoms with E-state index < -0.39 is 0 Å². The van der Waals surface area contributed by atoms with Crippen LogP contribution in [0.1, 0.15) is 31.9 Å². The summed E-state index contributed by atoms with van der Waals surface area (Å²) in [6.45, 7) is 6.30. The van der Waals surface area contributed by atoms with Gasteiger partial charge in [-0.2, -0.15) is 0 Å². The van der Waals surface area contributed by atoms with Crippen LogP contribution in [0.5, 0.6) is 0 Å². The molecule has 0 fully saturated rings. The molecule has 1 heterocycles. The third-order valence-corrected chi connectivity index (χ3v) is 4.19. The molecule has 2 aromatic carbocycles. The molecule has 3 rings (SSSR count). The third kappa shape index (κ3) is 3.91. The van der Waals surface area contributed by atoms with E-state index >= 15 is 0 Å². The number of benzene rings is 2. The molecule has 26 heavy (non-hydrogen) atoms. The predicted octanol–water partition coefficient (Wildman–Crippen LogP) is 4.48. The van der Waals surface area contributed by atoms with Crippen LogP contribution >= 0.6 is 0 Å². The number of rotatable bonds is 3. The Labute approximate surface area is 152 Å². The second kappa shape index (κ2) is 7.00. The van der Waals surface area contributed by atoms with E-state index in [1.54, 1.807) is 12.1 Å². The molecule has 4 heteroatoms. The molecule has 0 aliphatic heterocycles. The van der Waals surface area contributed by atoms with E-state index in [1.807, 2.05) is 48.5 Å². The maximum Gasteiger partial charge on any atom is 0.255 e. The number of para-hydroxylation sites is 2. The predicted molar refractivity (Wildman–Crippen MR) is 107 cm³/mol. The first kappa shape index (κ1) is 17.7. The minimum absolute atomic E-state index is 0.0803. The highest BCUT2D eigenvalue weighted by Crippen LogP contribution is 2.29. The Kier molecular flexibility index (Phi) is 4.76. The van der Waals surface area contributed by atoms with Crippen LogP contribution in [0, 0.1) is 0 Å². The van der Waals surface area contributed by atoms with Crippen molar-refractivity contribution in [3.8, 4) is 0 Å². The second-order valence-electron chi connectivity index (χ2n) is 7.26. The Hall–Kier alpha value is -3.14.